The van der Waals surface area contributed by atoms with Gasteiger partial charge in [-0.3, -0.25) is 0 Å². The zero-order chi connectivity index (χ0) is 13.0. The molecule has 0 aliphatic heterocycles. The molecule has 0 aromatic heterocycles. The molecule has 0 saturated carbocycles. The Labute approximate surface area is 147 Å². The molecule has 0 radical (unpaired) electrons. The van der Waals surface area contributed by atoms with E-state index in [2.05, 4.69) is 33.9 Å². The van der Waals surface area contributed by atoms with Crippen molar-refractivity contribution in [1.82, 2.24) is 0 Å². The van der Waals surface area contributed by atoms with Crippen LogP contribution in [-0.4, -0.2) is 21.9 Å². The van der Waals surface area contributed by atoms with Crippen molar-refractivity contribution in [3.05, 3.63) is 0 Å². The van der Waals surface area contributed by atoms with Crippen LogP contribution in [0.1, 0.15) is 33.6 Å². The van der Waals surface area contributed by atoms with Crippen LogP contribution >= 0.6 is 0 Å². The van der Waals surface area contributed by atoms with Gasteiger partial charge in [0.2, 0.25) is 0 Å². The molecule has 0 spiro atoms. The SMILES string of the molecule is CC(C)(C)[Si](C)(C)OCCCC[B-](F)(F)F.[K+]. The van der Waals surface area contributed by atoms with Crippen molar-refractivity contribution in [1.29, 1.82) is 0 Å². The Morgan fingerprint density at radius 2 is 1.53 bits per heavy atom. The van der Waals surface area contributed by atoms with E-state index in [-0.39, 0.29) is 62.8 Å². The molecule has 7 heteroatoms. The Morgan fingerprint density at radius 3 is 1.88 bits per heavy atom. The zero-order valence-electron chi connectivity index (χ0n) is 11.9. The first kappa shape index (κ1) is 21.0. The van der Waals surface area contributed by atoms with Crippen molar-refractivity contribution in [2.75, 3.05) is 6.61 Å². The van der Waals surface area contributed by atoms with Crippen molar-refractivity contribution in [3.63, 3.8) is 0 Å². The van der Waals surface area contributed by atoms with Crippen LogP contribution in [-0.2, 0) is 4.43 Å². The molecule has 0 aromatic rings. The first-order valence-electron chi connectivity index (χ1n) is 5.81. The summed E-state index contributed by atoms with van der Waals surface area (Å²) in [5.41, 5.74) is 0. The average Bonchev–Trinajstić information content (AvgIpc) is 1.98. The molecule has 1 nitrogen and oxygen atoms in total. The smallest absolute Gasteiger partial charge is 0.449 e. The van der Waals surface area contributed by atoms with E-state index in [4.69, 9.17) is 4.43 Å². The Hall–Kier alpha value is 1.67. The summed E-state index contributed by atoms with van der Waals surface area (Å²) in [6, 6.07) is 0. The van der Waals surface area contributed by atoms with Gasteiger partial charge in [-0.15, -0.1) is 0 Å². The molecule has 0 rings (SSSR count). The minimum absolute atomic E-state index is 0. The third kappa shape index (κ3) is 10.2. The first-order chi connectivity index (χ1) is 6.96. The van der Waals surface area contributed by atoms with Gasteiger partial charge in [0.25, 0.3) is 0 Å². The predicted molar refractivity (Wildman–Crippen MR) is 66.3 cm³/mol. The molecule has 0 bridgehead atoms. The van der Waals surface area contributed by atoms with E-state index in [1.165, 1.54) is 0 Å². The second-order valence-corrected chi connectivity index (χ2v) is 10.6. The molecule has 0 aromatic carbocycles. The molecule has 98 valence electrons. The van der Waals surface area contributed by atoms with E-state index in [0.717, 1.165) is 0 Å². The fourth-order valence-electron chi connectivity index (χ4n) is 1.02. The second-order valence-electron chi connectivity index (χ2n) is 5.81. The minimum atomic E-state index is -4.62. The van der Waals surface area contributed by atoms with Crippen LogP contribution in [0.3, 0.4) is 0 Å². The van der Waals surface area contributed by atoms with E-state index in [0.29, 0.717) is 13.0 Å². The summed E-state index contributed by atoms with van der Waals surface area (Å²) < 4.78 is 41.6. The molecular weight excluding hydrogens is 271 g/mol. The van der Waals surface area contributed by atoms with Crippen molar-refractivity contribution >= 4 is 15.3 Å². The summed E-state index contributed by atoms with van der Waals surface area (Å²) in [5.74, 6) is 0. The fourth-order valence-corrected chi connectivity index (χ4v) is 2.11. The number of rotatable bonds is 6. The summed E-state index contributed by atoms with van der Waals surface area (Å²) in [6.07, 6.45) is 0.0623. The quantitative estimate of drug-likeness (QED) is 0.534. The maximum Gasteiger partial charge on any atom is 1.00 e. The van der Waals surface area contributed by atoms with Crippen LogP contribution in [0.25, 0.3) is 0 Å². The Kier molecular flexibility index (Phi) is 9.95. The van der Waals surface area contributed by atoms with Crippen LogP contribution in [0.4, 0.5) is 12.9 Å². The molecule has 0 aliphatic rings. The molecule has 0 amide bonds. The molecule has 0 atom stereocenters. The monoisotopic (exact) mass is 294 g/mol. The van der Waals surface area contributed by atoms with Crippen LogP contribution < -0.4 is 51.4 Å². The Balaban J connectivity index is 0. The molecule has 17 heavy (non-hydrogen) atoms. The summed E-state index contributed by atoms with van der Waals surface area (Å²) in [5, 5.41) is 0.126. The fraction of sp³-hybridized carbons (Fsp3) is 1.00. The predicted octanol–water partition coefficient (Wildman–Crippen LogP) is 1.64. The number of hydrogen-bond donors (Lipinski definition) is 0. The van der Waals surface area contributed by atoms with Gasteiger partial charge < -0.3 is 17.4 Å². The molecule has 0 heterocycles. The Bertz CT molecular complexity index is 217. The van der Waals surface area contributed by atoms with Gasteiger partial charge in [0.05, 0.1) is 0 Å². The molecule has 0 saturated heterocycles. The van der Waals surface area contributed by atoms with Gasteiger partial charge in [0.15, 0.2) is 8.32 Å². The van der Waals surface area contributed by atoms with Crippen molar-refractivity contribution < 1.29 is 68.8 Å². The van der Waals surface area contributed by atoms with E-state index in [1.54, 1.807) is 0 Å². The van der Waals surface area contributed by atoms with Crippen molar-refractivity contribution in [3.8, 4) is 0 Å². The van der Waals surface area contributed by atoms with Gasteiger partial charge in [-0.1, -0.05) is 33.5 Å². The van der Waals surface area contributed by atoms with Gasteiger partial charge in [0, 0.05) is 6.61 Å². The normalized spacial score (nSPS) is 13.4. The molecular formula is C10H23BF3KOSi. The summed E-state index contributed by atoms with van der Waals surface area (Å²) >= 11 is 0. The molecule has 0 N–H and O–H groups in total. The summed E-state index contributed by atoms with van der Waals surface area (Å²) in [7, 11) is -1.78. The number of hydrogen-bond acceptors (Lipinski definition) is 1. The van der Waals surface area contributed by atoms with Crippen LogP contribution in [0, 0.1) is 0 Å². The molecule has 0 unspecified atom stereocenters. The number of halogens is 3. The summed E-state index contributed by atoms with van der Waals surface area (Å²) in [6.45, 7) is 6.44. The van der Waals surface area contributed by atoms with E-state index in [1.807, 2.05) is 0 Å². The van der Waals surface area contributed by atoms with E-state index >= 15 is 0 Å². The van der Waals surface area contributed by atoms with Gasteiger partial charge in [0.1, 0.15) is 0 Å². The minimum Gasteiger partial charge on any atom is -0.449 e. The topological polar surface area (TPSA) is 9.23 Å². The standard InChI is InChI=1S/C10H23BF3OSi.K/c1-10(2,3)16(4,5)15-9-7-6-8-11(12,13)14;/h6-9H2,1-5H3;/q-1;+1. The van der Waals surface area contributed by atoms with E-state index < -0.39 is 21.6 Å². The van der Waals surface area contributed by atoms with Gasteiger partial charge in [-0.25, -0.2) is 0 Å². The first-order valence-corrected chi connectivity index (χ1v) is 8.71. The van der Waals surface area contributed by atoms with Crippen LogP contribution in [0.15, 0.2) is 0 Å². The second kappa shape index (κ2) is 8.07. The largest absolute Gasteiger partial charge is 1.00 e. The van der Waals surface area contributed by atoms with E-state index in [9.17, 15) is 12.9 Å². The Morgan fingerprint density at radius 1 is 1.06 bits per heavy atom. The van der Waals surface area contributed by atoms with Crippen molar-refractivity contribution in [2.45, 2.75) is 58.1 Å². The molecule has 0 fully saturated rings. The summed E-state index contributed by atoms with van der Waals surface area (Å²) in [4.78, 5) is 0. The van der Waals surface area contributed by atoms with Gasteiger partial charge in [-0.05, 0) is 24.6 Å². The average molecular weight is 294 g/mol. The maximum atomic E-state index is 11.9. The van der Waals surface area contributed by atoms with Gasteiger partial charge in [-0.2, -0.15) is 0 Å². The van der Waals surface area contributed by atoms with Crippen LogP contribution in [0.5, 0.6) is 0 Å². The third-order valence-electron chi connectivity index (χ3n) is 3.19. The van der Waals surface area contributed by atoms with Crippen molar-refractivity contribution in [2.24, 2.45) is 0 Å². The number of unbranched alkanes of at least 4 members (excludes halogenated alkanes) is 1. The maximum absolute atomic E-state index is 11.9. The zero-order valence-corrected chi connectivity index (χ0v) is 16.1. The van der Waals surface area contributed by atoms with Crippen LogP contribution in [0.2, 0.25) is 24.5 Å². The van der Waals surface area contributed by atoms with Gasteiger partial charge >= 0.3 is 58.4 Å². The molecule has 0 aliphatic carbocycles. The third-order valence-corrected chi connectivity index (χ3v) is 7.73.